The fourth-order valence-corrected chi connectivity index (χ4v) is 3.69. The fourth-order valence-electron chi connectivity index (χ4n) is 3.69. The fraction of sp³-hybridized carbons (Fsp3) is 0.550. The first-order chi connectivity index (χ1) is 12.8. The van der Waals surface area contributed by atoms with Gasteiger partial charge in [0.15, 0.2) is 0 Å². The van der Waals surface area contributed by atoms with E-state index in [0.717, 1.165) is 18.4 Å². The van der Waals surface area contributed by atoms with E-state index in [-0.39, 0.29) is 17.6 Å². The van der Waals surface area contributed by atoms with E-state index in [1.54, 1.807) is 13.8 Å². The lowest BCUT2D eigenvalue weighted by atomic mass is 9.87. The summed E-state index contributed by atoms with van der Waals surface area (Å²) in [6, 6.07) is 0. The van der Waals surface area contributed by atoms with Crippen LogP contribution < -0.4 is 10.9 Å². The van der Waals surface area contributed by atoms with E-state index < -0.39 is 6.09 Å². The SMILES string of the molecule is CC(C)OC(=O)Nc1nc2c(c(CCC3C=CC(C)C3C)cn2C)c(=O)[nH]1. The second kappa shape index (κ2) is 7.58. The average molecular weight is 372 g/mol. The largest absolute Gasteiger partial charge is 0.447 e. The van der Waals surface area contributed by atoms with E-state index in [4.69, 9.17) is 4.74 Å². The molecule has 0 saturated carbocycles. The second-order valence-electron chi connectivity index (χ2n) is 7.76. The van der Waals surface area contributed by atoms with Gasteiger partial charge in [-0.2, -0.15) is 4.98 Å². The number of aromatic amines is 1. The lowest BCUT2D eigenvalue weighted by Gasteiger charge is -2.17. The van der Waals surface area contributed by atoms with Gasteiger partial charge in [0.25, 0.3) is 5.56 Å². The van der Waals surface area contributed by atoms with Crippen LogP contribution >= 0.6 is 0 Å². The van der Waals surface area contributed by atoms with Crippen molar-refractivity contribution in [3.63, 3.8) is 0 Å². The van der Waals surface area contributed by atoms with Crippen molar-refractivity contribution < 1.29 is 9.53 Å². The van der Waals surface area contributed by atoms with Crippen LogP contribution in [-0.2, 0) is 18.2 Å². The van der Waals surface area contributed by atoms with E-state index in [1.807, 2.05) is 17.8 Å². The van der Waals surface area contributed by atoms with Crippen LogP contribution in [0.1, 0.15) is 39.7 Å². The third kappa shape index (κ3) is 4.07. The Labute approximate surface area is 158 Å². The Hall–Kier alpha value is -2.57. The van der Waals surface area contributed by atoms with Crippen LogP contribution in [0.3, 0.4) is 0 Å². The van der Waals surface area contributed by atoms with Crippen LogP contribution in [0, 0.1) is 17.8 Å². The quantitative estimate of drug-likeness (QED) is 0.785. The van der Waals surface area contributed by atoms with Crippen molar-refractivity contribution in [3.8, 4) is 0 Å². The molecule has 0 radical (unpaired) electrons. The molecular formula is C20H28N4O3. The Bertz CT molecular complexity index is 925. The smallest absolute Gasteiger partial charge is 0.414 e. The number of amides is 1. The lowest BCUT2D eigenvalue weighted by molar-refractivity contribution is 0.129. The monoisotopic (exact) mass is 372 g/mol. The highest BCUT2D eigenvalue weighted by Crippen LogP contribution is 2.33. The van der Waals surface area contributed by atoms with Gasteiger partial charge in [0.05, 0.1) is 11.5 Å². The van der Waals surface area contributed by atoms with Crippen LogP contribution in [0.5, 0.6) is 0 Å². The van der Waals surface area contributed by atoms with Crippen LogP contribution in [0.15, 0.2) is 23.1 Å². The predicted octanol–water partition coefficient (Wildman–Crippen LogP) is 3.61. The number of anilines is 1. The Morgan fingerprint density at radius 1 is 1.37 bits per heavy atom. The molecule has 27 heavy (non-hydrogen) atoms. The molecule has 146 valence electrons. The molecule has 1 aliphatic rings. The van der Waals surface area contributed by atoms with Crippen LogP contribution in [0.2, 0.25) is 0 Å². The molecule has 2 aromatic heterocycles. The Morgan fingerprint density at radius 2 is 2.11 bits per heavy atom. The molecule has 1 aliphatic carbocycles. The first-order valence-electron chi connectivity index (χ1n) is 9.50. The maximum absolute atomic E-state index is 12.6. The molecule has 3 unspecified atom stereocenters. The summed E-state index contributed by atoms with van der Waals surface area (Å²) in [5.41, 5.74) is 1.29. The van der Waals surface area contributed by atoms with Gasteiger partial charge in [-0.1, -0.05) is 26.0 Å². The maximum Gasteiger partial charge on any atom is 0.414 e. The van der Waals surface area contributed by atoms with Crippen molar-refractivity contribution in [1.82, 2.24) is 14.5 Å². The molecule has 1 amide bonds. The average Bonchev–Trinajstić information content (AvgIpc) is 3.06. The summed E-state index contributed by atoms with van der Waals surface area (Å²) in [6.07, 6.45) is 7.45. The molecule has 0 saturated heterocycles. The highest BCUT2D eigenvalue weighted by atomic mass is 16.6. The van der Waals surface area contributed by atoms with Crippen LogP contribution in [-0.4, -0.2) is 26.7 Å². The number of H-pyrrole nitrogens is 1. The number of ether oxygens (including phenoxy) is 1. The molecule has 7 nitrogen and oxygen atoms in total. The Balaban J connectivity index is 1.81. The molecule has 7 heteroatoms. The zero-order chi connectivity index (χ0) is 19.7. The number of aryl methyl sites for hydroxylation is 2. The van der Waals surface area contributed by atoms with Gasteiger partial charge in [-0.05, 0) is 50.0 Å². The number of fused-ring (bicyclic) bond motifs is 1. The molecule has 3 rings (SSSR count). The van der Waals surface area contributed by atoms with Gasteiger partial charge < -0.3 is 9.30 Å². The topological polar surface area (TPSA) is 89.0 Å². The van der Waals surface area contributed by atoms with Crippen molar-refractivity contribution in [2.45, 2.75) is 46.6 Å². The zero-order valence-electron chi connectivity index (χ0n) is 16.6. The van der Waals surface area contributed by atoms with Gasteiger partial charge in [-0.3, -0.25) is 15.1 Å². The molecule has 0 aromatic carbocycles. The summed E-state index contributed by atoms with van der Waals surface area (Å²) in [6.45, 7) is 8.03. The van der Waals surface area contributed by atoms with Crippen LogP contribution in [0.25, 0.3) is 11.0 Å². The lowest BCUT2D eigenvalue weighted by Crippen LogP contribution is -2.22. The number of aromatic nitrogens is 3. The van der Waals surface area contributed by atoms with Crippen molar-refractivity contribution >= 4 is 23.1 Å². The van der Waals surface area contributed by atoms with E-state index in [1.165, 1.54) is 0 Å². The van der Waals surface area contributed by atoms with Gasteiger partial charge >= 0.3 is 6.09 Å². The van der Waals surface area contributed by atoms with E-state index in [9.17, 15) is 9.59 Å². The van der Waals surface area contributed by atoms with Gasteiger partial charge in [0, 0.05) is 13.2 Å². The minimum Gasteiger partial charge on any atom is -0.447 e. The number of hydrogen-bond acceptors (Lipinski definition) is 4. The maximum atomic E-state index is 12.6. The molecule has 2 N–H and O–H groups in total. The summed E-state index contributed by atoms with van der Waals surface area (Å²) in [4.78, 5) is 31.4. The number of carbonyl (C=O) groups excluding carboxylic acids is 1. The molecule has 2 heterocycles. The number of allylic oxidation sites excluding steroid dienone is 2. The third-order valence-electron chi connectivity index (χ3n) is 5.38. The number of nitrogens with zero attached hydrogens (tertiary/aromatic N) is 2. The summed E-state index contributed by atoms with van der Waals surface area (Å²) in [5, 5.41) is 3.07. The van der Waals surface area contributed by atoms with Crippen LogP contribution in [0.4, 0.5) is 10.7 Å². The zero-order valence-corrected chi connectivity index (χ0v) is 16.6. The van der Waals surface area contributed by atoms with Gasteiger partial charge in [0.2, 0.25) is 5.95 Å². The molecule has 2 aromatic rings. The molecule has 0 fully saturated rings. The number of hydrogen-bond donors (Lipinski definition) is 2. The molecule has 3 atom stereocenters. The molecule has 0 spiro atoms. The van der Waals surface area contributed by atoms with Gasteiger partial charge in [0.1, 0.15) is 5.65 Å². The van der Waals surface area contributed by atoms with E-state index in [2.05, 4.69) is 41.3 Å². The number of nitrogens with one attached hydrogen (secondary N) is 2. The number of carbonyl (C=O) groups is 1. The molecule has 0 aliphatic heterocycles. The first kappa shape index (κ1) is 19.2. The summed E-state index contributed by atoms with van der Waals surface area (Å²) in [7, 11) is 1.86. The molecular weight excluding hydrogens is 344 g/mol. The Morgan fingerprint density at radius 3 is 2.74 bits per heavy atom. The number of rotatable bonds is 5. The minimum absolute atomic E-state index is 0.0899. The Kier molecular flexibility index (Phi) is 5.39. The first-order valence-corrected chi connectivity index (χ1v) is 9.50. The van der Waals surface area contributed by atoms with Crippen molar-refractivity contribution in [2.75, 3.05) is 5.32 Å². The van der Waals surface area contributed by atoms with Crippen molar-refractivity contribution in [1.29, 1.82) is 0 Å². The predicted molar refractivity (Wildman–Crippen MR) is 106 cm³/mol. The van der Waals surface area contributed by atoms with Crippen molar-refractivity contribution in [2.24, 2.45) is 24.8 Å². The van der Waals surface area contributed by atoms with Gasteiger partial charge in [-0.15, -0.1) is 0 Å². The highest BCUT2D eigenvalue weighted by molar-refractivity contribution is 5.85. The molecule has 0 bridgehead atoms. The normalized spacial score (nSPS) is 21.9. The third-order valence-corrected chi connectivity index (χ3v) is 5.38. The van der Waals surface area contributed by atoms with E-state index >= 15 is 0 Å². The highest BCUT2D eigenvalue weighted by Gasteiger charge is 2.25. The second-order valence-corrected chi connectivity index (χ2v) is 7.76. The minimum atomic E-state index is -0.641. The summed E-state index contributed by atoms with van der Waals surface area (Å²) in [5.74, 6) is 1.85. The standard InChI is InChI=1S/C20H28N4O3/c1-11(2)27-20(26)23-19-21-17-16(18(25)22-19)15(10-24(17)5)9-8-14-7-6-12(3)13(14)4/h6-7,10-14H,8-9H2,1-5H3,(H2,21,22,23,25,26). The summed E-state index contributed by atoms with van der Waals surface area (Å²) >= 11 is 0. The van der Waals surface area contributed by atoms with E-state index in [0.29, 0.717) is 28.8 Å². The summed E-state index contributed by atoms with van der Waals surface area (Å²) < 4.78 is 6.86. The van der Waals surface area contributed by atoms with Crippen molar-refractivity contribution in [3.05, 3.63) is 34.3 Å². The van der Waals surface area contributed by atoms with Gasteiger partial charge in [-0.25, -0.2) is 4.79 Å².